The molecule has 1 aliphatic rings. The Morgan fingerprint density at radius 2 is 2.00 bits per heavy atom. The summed E-state index contributed by atoms with van der Waals surface area (Å²) in [5, 5.41) is 2.52. The lowest BCUT2D eigenvalue weighted by Gasteiger charge is -2.37. The zero-order valence-electron chi connectivity index (χ0n) is 20.8. The number of ether oxygens (including phenoxy) is 1. The fraction of sp³-hybridized carbons (Fsp3) is 0.727. The van der Waals surface area contributed by atoms with E-state index in [0.717, 1.165) is 6.42 Å². The van der Waals surface area contributed by atoms with Gasteiger partial charge in [-0.25, -0.2) is 4.98 Å². The topological polar surface area (TPSA) is 114 Å². The van der Waals surface area contributed by atoms with Gasteiger partial charge in [-0.05, 0) is 47.7 Å². The largest absolute Gasteiger partial charge is 0.372 e. The molecule has 2 N–H and O–H groups in total. The molecule has 0 spiro atoms. The van der Waals surface area contributed by atoms with E-state index in [2.05, 4.69) is 73.1 Å². The van der Waals surface area contributed by atoms with E-state index in [4.69, 9.17) is 9.26 Å². The van der Waals surface area contributed by atoms with Gasteiger partial charge in [0, 0.05) is 31.5 Å². The summed E-state index contributed by atoms with van der Waals surface area (Å²) in [5.41, 5.74) is 0.306. The highest BCUT2D eigenvalue weighted by atomic mass is 31.2. The lowest BCUT2D eigenvalue weighted by atomic mass is 9.97. The van der Waals surface area contributed by atoms with E-state index in [9.17, 15) is 9.59 Å². The lowest BCUT2D eigenvalue weighted by Crippen LogP contribution is -2.35. The number of hydrogen-bond donors (Lipinski definition) is 2. The molecule has 0 bridgehead atoms. The van der Waals surface area contributed by atoms with Crippen molar-refractivity contribution in [3.63, 3.8) is 0 Å². The van der Waals surface area contributed by atoms with Crippen LogP contribution >= 0.6 is 8.30 Å². The second kappa shape index (κ2) is 10.6. The molecule has 0 radical (unpaired) electrons. The summed E-state index contributed by atoms with van der Waals surface area (Å²) in [6.07, 6.45) is 2.39. The van der Waals surface area contributed by atoms with Crippen LogP contribution in [0.15, 0.2) is 11.1 Å². The number of carbonyl (C=O) groups is 1. The predicted molar refractivity (Wildman–Crippen MR) is 130 cm³/mol. The quantitative estimate of drug-likeness (QED) is 0.529. The fourth-order valence-corrected chi connectivity index (χ4v) is 6.84. The molecule has 1 fully saturated rings. The first-order valence-electron chi connectivity index (χ1n) is 11.6. The fourth-order valence-electron chi connectivity index (χ4n) is 4.72. The van der Waals surface area contributed by atoms with Crippen molar-refractivity contribution < 1.29 is 14.1 Å². The normalized spacial score (nSPS) is 24.3. The highest BCUT2D eigenvalue weighted by Gasteiger charge is 2.42. The number of anilines is 1. The van der Waals surface area contributed by atoms with Crippen LogP contribution in [-0.4, -0.2) is 67.2 Å². The van der Waals surface area contributed by atoms with Gasteiger partial charge in [0.1, 0.15) is 8.30 Å². The molecule has 33 heavy (non-hydrogen) atoms. The number of H-pyrrole nitrogens is 1. The minimum absolute atomic E-state index is 0.00277. The van der Waals surface area contributed by atoms with Crippen molar-refractivity contribution in [1.82, 2.24) is 24.2 Å². The minimum atomic E-state index is -0.735. The third kappa shape index (κ3) is 5.80. The Morgan fingerprint density at radius 3 is 2.61 bits per heavy atom. The molecule has 11 heteroatoms. The van der Waals surface area contributed by atoms with E-state index in [1.54, 1.807) is 6.33 Å². The van der Waals surface area contributed by atoms with Crippen LogP contribution in [0.3, 0.4) is 0 Å². The summed E-state index contributed by atoms with van der Waals surface area (Å²) in [6.45, 7) is 17.2. The second-order valence-corrected chi connectivity index (χ2v) is 10.9. The first-order valence-corrected chi connectivity index (χ1v) is 13.2. The molecule has 1 saturated heterocycles. The van der Waals surface area contributed by atoms with Crippen molar-refractivity contribution in [3.8, 4) is 0 Å². The number of amides is 1. The number of aromatic nitrogens is 4. The van der Waals surface area contributed by atoms with Gasteiger partial charge < -0.3 is 13.8 Å². The van der Waals surface area contributed by atoms with Gasteiger partial charge in [-0.1, -0.05) is 6.92 Å². The maximum atomic E-state index is 12.3. The van der Waals surface area contributed by atoms with Crippen LogP contribution in [0.2, 0.25) is 0 Å². The van der Waals surface area contributed by atoms with E-state index in [1.807, 2.05) is 4.57 Å². The highest BCUT2D eigenvalue weighted by Crippen LogP contribution is 2.46. The van der Waals surface area contributed by atoms with E-state index in [-0.39, 0.29) is 47.2 Å². The molecule has 184 valence electrons. The average molecular weight is 481 g/mol. The second-order valence-electron chi connectivity index (χ2n) is 9.34. The van der Waals surface area contributed by atoms with Crippen molar-refractivity contribution in [1.29, 1.82) is 0 Å². The number of rotatable bonds is 9. The number of aryl methyl sites for hydroxylation is 1. The van der Waals surface area contributed by atoms with Gasteiger partial charge >= 0.3 is 0 Å². The van der Waals surface area contributed by atoms with Crippen molar-refractivity contribution in [2.45, 2.75) is 91.8 Å². The van der Waals surface area contributed by atoms with Gasteiger partial charge in [-0.15, -0.1) is 0 Å². The van der Waals surface area contributed by atoms with E-state index in [0.29, 0.717) is 24.3 Å². The summed E-state index contributed by atoms with van der Waals surface area (Å²) in [5.74, 6) is 0.0406. The van der Waals surface area contributed by atoms with Crippen LogP contribution in [0.4, 0.5) is 5.95 Å². The molecule has 3 heterocycles. The number of fused-ring (bicyclic) bond motifs is 1. The maximum Gasteiger partial charge on any atom is 0.280 e. The minimum Gasteiger partial charge on any atom is -0.372 e. The molecule has 2 aromatic heterocycles. The van der Waals surface area contributed by atoms with Crippen molar-refractivity contribution in [3.05, 3.63) is 16.7 Å². The predicted octanol–water partition coefficient (Wildman–Crippen LogP) is 3.34. The molecule has 0 saturated carbocycles. The number of carbonyl (C=O) groups excluding carboxylic acids is 1. The number of nitrogens with zero attached hydrogens (tertiary/aromatic N) is 4. The molecule has 1 aliphatic heterocycles. The third-order valence-corrected chi connectivity index (χ3v) is 8.16. The molecule has 0 aromatic carbocycles. The standard InChI is InChI=1S/C22H37N6O4P/c1-12(2)28(13(3)4)33(8)32-19-14(5)17(31-15(19)6)9-10-27-11-23-18-20(27)25-22(24-16(7)29)26-21(18)30/h11-15,17,19H,9-10H2,1-8H3,(H2,24,25,26,29,30)/t14-,15-,17+,19?,33?/m1/s1. The van der Waals surface area contributed by atoms with Gasteiger partial charge in [0.15, 0.2) is 11.2 Å². The van der Waals surface area contributed by atoms with Gasteiger partial charge in [0.25, 0.3) is 5.56 Å². The van der Waals surface area contributed by atoms with Crippen molar-refractivity contribution in [2.75, 3.05) is 12.0 Å². The smallest absolute Gasteiger partial charge is 0.280 e. The molecule has 5 atom stereocenters. The first kappa shape index (κ1) is 25.7. The number of imidazole rings is 1. The average Bonchev–Trinajstić information content (AvgIpc) is 3.21. The number of hydrogen-bond acceptors (Lipinski definition) is 7. The Hall–Kier alpha value is -1.87. The Kier molecular flexibility index (Phi) is 8.26. The van der Waals surface area contributed by atoms with Gasteiger partial charge in [0.05, 0.1) is 24.6 Å². The number of nitrogens with one attached hydrogen (secondary N) is 2. The van der Waals surface area contributed by atoms with Gasteiger partial charge in [-0.2, -0.15) is 4.98 Å². The van der Waals surface area contributed by atoms with Crippen LogP contribution in [-0.2, 0) is 20.6 Å². The summed E-state index contributed by atoms with van der Waals surface area (Å²) < 4.78 is 17.1. The van der Waals surface area contributed by atoms with Crippen LogP contribution in [0.5, 0.6) is 0 Å². The summed E-state index contributed by atoms with van der Waals surface area (Å²) in [7, 11) is -0.735. The van der Waals surface area contributed by atoms with E-state index >= 15 is 0 Å². The molecule has 2 aromatic rings. The molecule has 0 aliphatic carbocycles. The van der Waals surface area contributed by atoms with E-state index < -0.39 is 8.30 Å². The van der Waals surface area contributed by atoms with Crippen LogP contribution in [0.1, 0.15) is 54.9 Å². The first-order chi connectivity index (χ1) is 15.5. The maximum absolute atomic E-state index is 12.3. The Morgan fingerprint density at radius 1 is 1.33 bits per heavy atom. The monoisotopic (exact) mass is 480 g/mol. The summed E-state index contributed by atoms with van der Waals surface area (Å²) >= 11 is 0. The third-order valence-electron chi connectivity index (χ3n) is 6.04. The van der Waals surface area contributed by atoms with Crippen molar-refractivity contribution >= 4 is 31.3 Å². The summed E-state index contributed by atoms with van der Waals surface area (Å²) in [4.78, 5) is 34.7. The Labute approximate surface area is 196 Å². The molecular weight excluding hydrogens is 443 g/mol. The molecule has 1 amide bonds. The SMILES string of the molecule is CC(=O)Nc1nc2c(ncn2CC[C@@H]2O[C@H](C)C(OP(C)N(C(C)C)C(C)C)[C@@H]2C)c(=O)[nH]1. The lowest BCUT2D eigenvalue weighted by molar-refractivity contribution is -0.114. The van der Waals surface area contributed by atoms with Crippen LogP contribution in [0, 0.1) is 5.92 Å². The highest BCUT2D eigenvalue weighted by molar-refractivity contribution is 7.49. The molecular formula is C22H37N6O4P. The van der Waals surface area contributed by atoms with Gasteiger partial charge in [0.2, 0.25) is 11.9 Å². The zero-order valence-corrected chi connectivity index (χ0v) is 21.7. The van der Waals surface area contributed by atoms with Gasteiger partial charge in [-0.3, -0.25) is 24.6 Å². The molecule has 3 rings (SSSR count). The Balaban J connectivity index is 1.69. The van der Waals surface area contributed by atoms with Crippen LogP contribution < -0.4 is 10.9 Å². The Bertz CT molecular complexity index is 1010. The molecule has 10 nitrogen and oxygen atoms in total. The summed E-state index contributed by atoms with van der Waals surface area (Å²) in [6, 6.07) is 0.829. The van der Waals surface area contributed by atoms with E-state index in [1.165, 1.54) is 6.92 Å². The molecule has 2 unspecified atom stereocenters. The zero-order chi connectivity index (χ0) is 24.4. The van der Waals surface area contributed by atoms with Crippen LogP contribution in [0.25, 0.3) is 11.2 Å². The van der Waals surface area contributed by atoms with Crippen molar-refractivity contribution in [2.24, 2.45) is 5.92 Å². The number of aromatic amines is 1.